The van der Waals surface area contributed by atoms with E-state index in [4.69, 9.17) is 18.0 Å². The molecular weight excluding hydrogens is 254 g/mol. The number of rotatable bonds is 6. The molecule has 17 heavy (non-hydrogen) atoms. The summed E-state index contributed by atoms with van der Waals surface area (Å²) < 4.78 is 0. The molecule has 0 aliphatic heterocycles. The van der Waals surface area contributed by atoms with Crippen LogP contribution in [0.3, 0.4) is 0 Å². The number of amides is 1. The first-order valence-electron chi connectivity index (χ1n) is 5.31. The van der Waals surface area contributed by atoms with Crippen molar-refractivity contribution >= 4 is 29.3 Å². The second-order valence-corrected chi connectivity index (χ2v) is 4.99. The van der Waals surface area contributed by atoms with Gasteiger partial charge in [0.1, 0.15) is 0 Å². The van der Waals surface area contributed by atoms with Crippen molar-refractivity contribution in [2.45, 2.75) is 17.7 Å². The highest BCUT2D eigenvalue weighted by Gasteiger charge is 2.00. The van der Waals surface area contributed by atoms with Gasteiger partial charge in [-0.15, -0.1) is 18.2 Å². The molecule has 1 amide bonds. The molecule has 0 heterocycles. The van der Waals surface area contributed by atoms with Crippen LogP contribution >= 0.6 is 23.4 Å². The zero-order valence-electron chi connectivity index (χ0n) is 9.41. The maximum atomic E-state index is 11.2. The normalized spacial score (nSPS) is 9.65. The minimum atomic E-state index is 0.0136. The summed E-state index contributed by atoms with van der Waals surface area (Å²) in [6.45, 7) is 0.309. The van der Waals surface area contributed by atoms with Gasteiger partial charge in [-0.05, 0) is 36.4 Å². The summed E-state index contributed by atoms with van der Waals surface area (Å²) in [4.78, 5) is 12.4. The van der Waals surface area contributed by atoms with Gasteiger partial charge >= 0.3 is 0 Å². The van der Waals surface area contributed by atoms with Gasteiger partial charge in [-0.1, -0.05) is 17.5 Å². The lowest BCUT2D eigenvalue weighted by Gasteiger charge is -2.02. The van der Waals surface area contributed by atoms with Crippen LogP contribution in [0.5, 0.6) is 0 Å². The van der Waals surface area contributed by atoms with Crippen LogP contribution in [0.15, 0.2) is 29.2 Å². The summed E-state index contributed by atoms with van der Waals surface area (Å²) in [5.41, 5.74) is 0. The molecule has 4 heteroatoms. The molecule has 0 aliphatic carbocycles. The maximum Gasteiger partial charge on any atom is 0.220 e. The molecule has 0 aliphatic rings. The molecule has 1 aromatic rings. The molecule has 0 bridgehead atoms. The Morgan fingerprint density at radius 1 is 1.41 bits per heavy atom. The number of carbonyl (C=O) groups excluding carboxylic acids is 1. The zero-order valence-corrected chi connectivity index (χ0v) is 11.0. The summed E-state index contributed by atoms with van der Waals surface area (Å²) >= 11 is 7.50. The third-order valence-electron chi connectivity index (χ3n) is 2.02. The molecular formula is C13H14ClNOS. The van der Waals surface area contributed by atoms with Gasteiger partial charge < -0.3 is 5.32 Å². The Morgan fingerprint density at radius 3 is 2.76 bits per heavy atom. The molecule has 0 radical (unpaired) electrons. The third-order valence-corrected chi connectivity index (χ3v) is 3.37. The van der Waals surface area contributed by atoms with Crippen LogP contribution in [0.4, 0.5) is 0 Å². The van der Waals surface area contributed by atoms with Gasteiger partial charge in [-0.25, -0.2) is 0 Å². The van der Waals surface area contributed by atoms with E-state index in [1.54, 1.807) is 11.8 Å². The topological polar surface area (TPSA) is 29.1 Å². The van der Waals surface area contributed by atoms with Gasteiger partial charge in [-0.3, -0.25) is 4.79 Å². The van der Waals surface area contributed by atoms with Crippen molar-refractivity contribution in [3.05, 3.63) is 29.3 Å². The van der Waals surface area contributed by atoms with Crippen molar-refractivity contribution in [2.24, 2.45) is 0 Å². The van der Waals surface area contributed by atoms with E-state index in [1.807, 2.05) is 24.3 Å². The molecule has 0 spiro atoms. The minimum Gasteiger partial charge on any atom is -0.345 e. The highest BCUT2D eigenvalue weighted by Crippen LogP contribution is 2.21. The summed E-state index contributed by atoms with van der Waals surface area (Å²) in [6, 6.07) is 7.68. The molecule has 2 nitrogen and oxygen atoms in total. The first-order chi connectivity index (χ1) is 8.22. The van der Waals surface area contributed by atoms with Gasteiger partial charge in [0.2, 0.25) is 5.91 Å². The van der Waals surface area contributed by atoms with Crippen LogP contribution in [-0.2, 0) is 4.79 Å². The molecule has 0 atom stereocenters. The monoisotopic (exact) mass is 267 g/mol. The lowest BCUT2D eigenvalue weighted by molar-refractivity contribution is -0.120. The number of nitrogens with one attached hydrogen (secondary N) is 1. The molecule has 1 rings (SSSR count). The number of halogens is 1. The van der Waals surface area contributed by atoms with E-state index in [1.165, 1.54) is 4.90 Å². The number of hydrogen-bond donors (Lipinski definition) is 1. The fourth-order valence-electron chi connectivity index (χ4n) is 1.19. The van der Waals surface area contributed by atoms with Crippen molar-refractivity contribution in [1.82, 2.24) is 5.32 Å². The third kappa shape index (κ3) is 6.25. The molecule has 1 aromatic carbocycles. The van der Waals surface area contributed by atoms with Crippen molar-refractivity contribution in [3.63, 3.8) is 0 Å². The standard InChI is InChI=1S/C13H14ClNOS/c1-2-9-15-13(16)4-3-10-17-12-7-5-11(14)6-8-12/h1,5-8H,3-4,9-10H2,(H,15,16). The Balaban J connectivity index is 2.14. The first-order valence-corrected chi connectivity index (χ1v) is 6.67. The predicted molar refractivity (Wildman–Crippen MR) is 73.3 cm³/mol. The lowest BCUT2D eigenvalue weighted by atomic mass is 10.3. The Morgan fingerprint density at radius 2 is 2.12 bits per heavy atom. The number of terminal acetylenes is 1. The van der Waals surface area contributed by atoms with Gasteiger partial charge in [-0.2, -0.15) is 0 Å². The molecule has 90 valence electrons. The number of hydrogen-bond acceptors (Lipinski definition) is 2. The van der Waals surface area contributed by atoms with Gasteiger partial charge in [0.05, 0.1) is 6.54 Å². The molecule has 1 N–H and O–H groups in total. The van der Waals surface area contributed by atoms with Crippen molar-refractivity contribution in [3.8, 4) is 12.3 Å². The first kappa shape index (κ1) is 14.0. The summed E-state index contributed by atoms with van der Waals surface area (Å²) in [5, 5.41) is 3.38. The summed E-state index contributed by atoms with van der Waals surface area (Å²) in [5.74, 6) is 3.29. The maximum absolute atomic E-state index is 11.2. The SMILES string of the molecule is C#CCNC(=O)CCCSc1ccc(Cl)cc1. The smallest absolute Gasteiger partial charge is 0.220 e. The van der Waals surface area contributed by atoms with Crippen molar-refractivity contribution in [1.29, 1.82) is 0 Å². The minimum absolute atomic E-state index is 0.0136. The van der Waals surface area contributed by atoms with Gasteiger partial charge in [0, 0.05) is 16.3 Å². The number of benzene rings is 1. The van der Waals surface area contributed by atoms with E-state index in [2.05, 4.69) is 11.2 Å². The fourth-order valence-corrected chi connectivity index (χ4v) is 2.17. The average Bonchev–Trinajstić information content (AvgIpc) is 2.34. The van der Waals surface area contributed by atoms with E-state index in [9.17, 15) is 4.79 Å². The zero-order chi connectivity index (χ0) is 12.5. The van der Waals surface area contributed by atoms with Gasteiger partial charge in [0.15, 0.2) is 0 Å². The number of carbonyl (C=O) groups is 1. The van der Waals surface area contributed by atoms with Crippen LogP contribution in [0.1, 0.15) is 12.8 Å². The Labute approximate surface area is 111 Å². The van der Waals surface area contributed by atoms with Crippen molar-refractivity contribution < 1.29 is 4.79 Å². The Kier molecular flexibility index (Phi) is 6.61. The predicted octanol–water partition coefficient (Wildman–Crippen LogP) is 2.96. The van der Waals surface area contributed by atoms with Crippen LogP contribution in [0.2, 0.25) is 5.02 Å². The van der Waals surface area contributed by atoms with E-state index in [-0.39, 0.29) is 5.91 Å². The van der Waals surface area contributed by atoms with Crippen LogP contribution in [0, 0.1) is 12.3 Å². The average molecular weight is 268 g/mol. The Hall–Kier alpha value is -1.11. The number of thioether (sulfide) groups is 1. The molecule has 0 fully saturated rings. The van der Waals surface area contributed by atoms with E-state index in [0.29, 0.717) is 13.0 Å². The van der Waals surface area contributed by atoms with Crippen molar-refractivity contribution in [2.75, 3.05) is 12.3 Å². The van der Waals surface area contributed by atoms with Crippen LogP contribution < -0.4 is 5.32 Å². The Bertz CT molecular complexity index is 397. The lowest BCUT2D eigenvalue weighted by Crippen LogP contribution is -2.23. The second-order valence-electron chi connectivity index (χ2n) is 3.39. The molecule has 0 unspecified atom stereocenters. The summed E-state index contributed by atoms with van der Waals surface area (Å²) in [6.07, 6.45) is 6.39. The van der Waals surface area contributed by atoms with Gasteiger partial charge in [0.25, 0.3) is 0 Å². The quantitative estimate of drug-likeness (QED) is 0.488. The largest absolute Gasteiger partial charge is 0.345 e. The van der Waals surface area contributed by atoms with E-state index in [0.717, 1.165) is 17.2 Å². The second kappa shape index (κ2) is 8.05. The van der Waals surface area contributed by atoms with Crippen LogP contribution in [-0.4, -0.2) is 18.2 Å². The summed E-state index contributed by atoms with van der Waals surface area (Å²) in [7, 11) is 0. The fraction of sp³-hybridized carbons (Fsp3) is 0.308. The highest BCUT2D eigenvalue weighted by molar-refractivity contribution is 7.99. The highest BCUT2D eigenvalue weighted by atomic mass is 35.5. The molecule has 0 saturated heterocycles. The molecule has 0 aromatic heterocycles. The van der Waals surface area contributed by atoms with E-state index < -0.39 is 0 Å². The van der Waals surface area contributed by atoms with Crippen LogP contribution in [0.25, 0.3) is 0 Å². The molecule has 0 saturated carbocycles. The van der Waals surface area contributed by atoms with E-state index >= 15 is 0 Å².